The predicted molar refractivity (Wildman–Crippen MR) is 118 cm³/mol. The lowest BCUT2D eigenvalue weighted by Gasteiger charge is -2.07. The van der Waals surface area contributed by atoms with E-state index in [4.69, 9.17) is 10.00 Å². The second-order valence-corrected chi connectivity index (χ2v) is 7.77. The van der Waals surface area contributed by atoms with Crippen molar-refractivity contribution in [2.75, 3.05) is 0 Å². The molecule has 0 fully saturated rings. The second kappa shape index (κ2) is 7.47. The van der Waals surface area contributed by atoms with Crippen LogP contribution in [0.25, 0.3) is 22.1 Å². The Morgan fingerprint density at radius 2 is 1.80 bits per heavy atom. The van der Waals surface area contributed by atoms with Gasteiger partial charge in [0.2, 0.25) is 0 Å². The number of nitrogens with zero attached hydrogens (tertiary/aromatic N) is 3. The molecule has 0 saturated heterocycles. The highest BCUT2D eigenvalue weighted by Gasteiger charge is 2.10. The molecule has 0 N–H and O–H groups in total. The maximum absolute atomic E-state index is 12.8. The molecule has 5 rings (SSSR count). The molecule has 5 nitrogen and oxygen atoms in total. The molecular formula is C24H15N3O2S. The van der Waals surface area contributed by atoms with Crippen LogP contribution in [0.2, 0.25) is 0 Å². The zero-order valence-corrected chi connectivity index (χ0v) is 16.6. The third-order valence-electron chi connectivity index (χ3n) is 4.86. The van der Waals surface area contributed by atoms with Crippen molar-refractivity contribution in [3.05, 3.63) is 104 Å². The van der Waals surface area contributed by atoms with Crippen LogP contribution in [0.4, 0.5) is 0 Å². The normalized spacial score (nSPS) is 11.8. The minimum Gasteiger partial charge on any atom is -0.489 e. The van der Waals surface area contributed by atoms with Crippen molar-refractivity contribution in [3.8, 4) is 11.8 Å². The SMILES string of the molecule is N#Cc1ccccc1COc1ccc(/C=c2/sc3nc4ccccc4n3c2=O)cc1. The van der Waals surface area contributed by atoms with E-state index in [1.165, 1.54) is 11.3 Å². The highest BCUT2D eigenvalue weighted by Crippen LogP contribution is 2.18. The van der Waals surface area contributed by atoms with Crippen molar-refractivity contribution in [1.82, 2.24) is 9.38 Å². The van der Waals surface area contributed by atoms with E-state index in [0.717, 1.165) is 22.2 Å². The molecule has 0 aliphatic rings. The number of aromatic nitrogens is 2. The van der Waals surface area contributed by atoms with Gasteiger partial charge in [-0.15, -0.1) is 0 Å². The Hall–Kier alpha value is -3.95. The number of hydrogen-bond acceptors (Lipinski definition) is 5. The Balaban J connectivity index is 1.41. The Morgan fingerprint density at radius 3 is 2.63 bits per heavy atom. The summed E-state index contributed by atoms with van der Waals surface area (Å²) in [6.45, 7) is 0.326. The monoisotopic (exact) mass is 409 g/mol. The summed E-state index contributed by atoms with van der Waals surface area (Å²) in [6, 6.07) is 24.7. The Bertz CT molecular complexity index is 1530. The van der Waals surface area contributed by atoms with Crippen molar-refractivity contribution in [3.63, 3.8) is 0 Å². The molecule has 0 unspecified atom stereocenters. The molecule has 0 saturated carbocycles. The third-order valence-corrected chi connectivity index (χ3v) is 5.82. The fourth-order valence-corrected chi connectivity index (χ4v) is 4.33. The molecule has 0 amide bonds. The van der Waals surface area contributed by atoms with E-state index < -0.39 is 0 Å². The summed E-state index contributed by atoms with van der Waals surface area (Å²) in [5.41, 5.74) is 3.96. The van der Waals surface area contributed by atoms with Crippen molar-refractivity contribution >= 4 is 33.4 Å². The Labute approximate surface area is 175 Å². The van der Waals surface area contributed by atoms with Crippen LogP contribution in [-0.4, -0.2) is 9.38 Å². The van der Waals surface area contributed by atoms with Crippen LogP contribution in [-0.2, 0) is 6.61 Å². The zero-order chi connectivity index (χ0) is 20.5. The van der Waals surface area contributed by atoms with Gasteiger partial charge in [0.15, 0.2) is 4.96 Å². The lowest BCUT2D eigenvalue weighted by molar-refractivity contribution is 0.306. The summed E-state index contributed by atoms with van der Waals surface area (Å²) in [4.78, 5) is 18.1. The Morgan fingerprint density at radius 1 is 1.03 bits per heavy atom. The summed E-state index contributed by atoms with van der Waals surface area (Å²) in [5.74, 6) is 0.703. The second-order valence-electron chi connectivity index (χ2n) is 6.76. The largest absolute Gasteiger partial charge is 0.489 e. The molecular weight excluding hydrogens is 394 g/mol. The van der Waals surface area contributed by atoms with Gasteiger partial charge in [-0.1, -0.05) is 53.8 Å². The molecule has 0 radical (unpaired) electrons. The number of fused-ring (bicyclic) bond motifs is 3. The van der Waals surface area contributed by atoms with E-state index in [0.29, 0.717) is 27.4 Å². The van der Waals surface area contributed by atoms with Gasteiger partial charge in [0, 0.05) is 5.56 Å². The van der Waals surface area contributed by atoms with Gasteiger partial charge in [-0.3, -0.25) is 4.79 Å². The number of imidazole rings is 1. The fraction of sp³-hybridized carbons (Fsp3) is 0.0417. The van der Waals surface area contributed by atoms with Crippen molar-refractivity contribution in [2.24, 2.45) is 0 Å². The van der Waals surface area contributed by atoms with Gasteiger partial charge in [0.25, 0.3) is 5.56 Å². The standard InChI is InChI=1S/C24H15N3O2S/c25-14-17-5-1-2-6-18(17)15-29-19-11-9-16(10-12-19)13-22-23(28)27-21-8-4-3-7-20(21)26-24(27)30-22/h1-13H,15H2/b22-13+. The van der Waals surface area contributed by atoms with Crippen molar-refractivity contribution in [1.29, 1.82) is 5.26 Å². The number of hydrogen-bond donors (Lipinski definition) is 0. The molecule has 0 bridgehead atoms. The molecule has 3 aromatic carbocycles. The molecule has 5 aromatic rings. The van der Waals surface area contributed by atoms with Gasteiger partial charge in [-0.25, -0.2) is 9.38 Å². The minimum atomic E-state index is -0.0582. The van der Waals surface area contributed by atoms with Crippen molar-refractivity contribution in [2.45, 2.75) is 6.61 Å². The third kappa shape index (κ3) is 3.21. The summed E-state index contributed by atoms with van der Waals surface area (Å²) >= 11 is 1.38. The molecule has 0 spiro atoms. The van der Waals surface area contributed by atoms with E-state index in [9.17, 15) is 4.79 Å². The van der Waals surface area contributed by atoms with Gasteiger partial charge in [-0.2, -0.15) is 5.26 Å². The summed E-state index contributed by atoms with van der Waals surface area (Å²) in [6.07, 6.45) is 1.87. The van der Waals surface area contributed by atoms with E-state index in [1.807, 2.05) is 72.8 Å². The molecule has 0 aliphatic carbocycles. The lowest BCUT2D eigenvalue weighted by Crippen LogP contribution is -2.22. The first kappa shape index (κ1) is 18.1. The van der Waals surface area contributed by atoms with E-state index in [-0.39, 0.29) is 5.56 Å². The fourth-order valence-electron chi connectivity index (χ4n) is 3.34. The first-order chi connectivity index (χ1) is 14.7. The highest BCUT2D eigenvalue weighted by molar-refractivity contribution is 7.15. The Kier molecular flexibility index (Phi) is 4.51. The smallest absolute Gasteiger partial charge is 0.274 e. The van der Waals surface area contributed by atoms with E-state index in [1.54, 1.807) is 10.5 Å². The molecule has 0 aliphatic heterocycles. The molecule has 30 heavy (non-hydrogen) atoms. The van der Waals surface area contributed by atoms with Crippen LogP contribution < -0.4 is 14.8 Å². The van der Waals surface area contributed by atoms with Crippen LogP contribution >= 0.6 is 11.3 Å². The van der Waals surface area contributed by atoms with Crippen LogP contribution in [0.5, 0.6) is 5.75 Å². The maximum atomic E-state index is 12.8. The topological polar surface area (TPSA) is 67.4 Å². The van der Waals surface area contributed by atoms with Crippen molar-refractivity contribution < 1.29 is 4.74 Å². The summed E-state index contributed by atoms with van der Waals surface area (Å²) < 4.78 is 8.11. The van der Waals surface area contributed by atoms with Gasteiger partial charge in [-0.05, 0) is 42.0 Å². The maximum Gasteiger partial charge on any atom is 0.274 e. The number of thiazole rings is 1. The van der Waals surface area contributed by atoms with E-state index in [2.05, 4.69) is 11.1 Å². The van der Waals surface area contributed by atoms with Gasteiger partial charge in [0.05, 0.1) is 27.2 Å². The average molecular weight is 409 g/mol. The average Bonchev–Trinajstić information content (AvgIpc) is 3.29. The number of nitriles is 1. The molecule has 0 atom stereocenters. The van der Waals surface area contributed by atoms with Crippen LogP contribution in [0.15, 0.2) is 77.6 Å². The molecule has 2 aromatic heterocycles. The quantitative estimate of drug-likeness (QED) is 0.451. The van der Waals surface area contributed by atoms with Crippen LogP contribution in [0, 0.1) is 11.3 Å². The van der Waals surface area contributed by atoms with Crippen LogP contribution in [0.3, 0.4) is 0 Å². The number of benzene rings is 3. The zero-order valence-electron chi connectivity index (χ0n) is 15.8. The highest BCUT2D eigenvalue weighted by atomic mass is 32.1. The first-order valence-corrected chi connectivity index (χ1v) is 10.2. The minimum absolute atomic E-state index is 0.0582. The first-order valence-electron chi connectivity index (χ1n) is 9.35. The molecule has 144 valence electrons. The molecule has 6 heteroatoms. The van der Waals surface area contributed by atoms with Crippen LogP contribution in [0.1, 0.15) is 16.7 Å². The molecule has 2 heterocycles. The van der Waals surface area contributed by atoms with Gasteiger partial charge in [0.1, 0.15) is 12.4 Å². The summed E-state index contributed by atoms with van der Waals surface area (Å²) in [7, 11) is 0. The van der Waals surface area contributed by atoms with Gasteiger partial charge < -0.3 is 4.74 Å². The van der Waals surface area contributed by atoms with Gasteiger partial charge >= 0.3 is 0 Å². The predicted octanol–water partition coefficient (Wildman–Crippen LogP) is 3.91. The lowest BCUT2D eigenvalue weighted by atomic mass is 10.1. The number of rotatable bonds is 4. The number of ether oxygens (including phenoxy) is 1. The van der Waals surface area contributed by atoms with E-state index >= 15 is 0 Å². The summed E-state index contributed by atoms with van der Waals surface area (Å²) in [5, 5.41) is 9.17. The number of para-hydroxylation sites is 2.